The third-order valence-corrected chi connectivity index (χ3v) is 2.06. The maximum absolute atomic E-state index is 5.39. The standard InChI is InChI=1S/C10H7N4O/c1-2-4-15-8(3-1)10-11-5-7-9(14-10)13-6-12-7/h1-3,5H,4H2,(H,11,12,13,14). The summed E-state index contributed by atoms with van der Waals surface area (Å²) in [6.45, 7) is 0.555. The maximum atomic E-state index is 5.39. The van der Waals surface area contributed by atoms with Gasteiger partial charge in [0.05, 0.1) is 6.20 Å². The first kappa shape index (κ1) is 8.16. The van der Waals surface area contributed by atoms with Crippen LogP contribution in [0.2, 0.25) is 0 Å². The van der Waals surface area contributed by atoms with Crippen molar-refractivity contribution in [2.45, 2.75) is 0 Å². The minimum absolute atomic E-state index is 0.548. The van der Waals surface area contributed by atoms with Crippen molar-refractivity contribution in [2.75, 3.05) is 6.61 Å². The SMILES string of the molecule is [c]1nc2nc(C3=CC=CCO3)ncc2[nH]1. The summed E-state index contributed by atoms with van der Waals surface area (Å²) in [7, 11) is 0. The zero-order valence-electron chi connectivity index (χ0n) is 7.77. The van der Waals surface area contributed by atoms with E-state index < -0.39 is 0 Å². The van der Waals surface area contributed by atoms with E-state index in [-0.39, 0.29) is 0 Å². The molecule has 0 saturated heterocycles. The first-order valence-corrected chi connectivity index (χ1v) is 4.52. The van der Waals surface area contributed by atoms with Crippen molar-refractivity contribution >= 4 is 16.9 Å². The topological polar surface area (TPSA) is 63.7 Å². The van der Waals surface area contributed by atoms with Crippen LogP contribution in [-0.4, -0.2) is 26.5 Å². The second-order valence-electron chi connectivity index (χ2n) is 3.05. The summed E-state index contributed by atoms with van der Waals surface area (Å²) in [6, 6.07) is 0. The van der Waals surface area contributed by atoms with Gasteiger partial charge in [-0.2, -0.15) is 0 Å². The fourth-order valence-electron chi connectivity index (χ4n) is 1.34. The van der Waals surface area contributed by atoms with E-state index in [1.54, 1.807) is 6.20 Å². The number of imidazole rings is 1. The molecule has 0 aliphatic carbocycles. The Morgan fingerprint density at radius 3 is 3.33 bits per heavy atom. The van der Waals surface area contributed by atoms with Gasteiger partial charge < -0.3 is 9.72 Å². The molecule has 1 radical (unpaired) electrons. The zero-order chi connectivity index (χ0) is 10.1. The maximum Gasteiger partial charge on any atom is 0.197 e. The fraction of sp³-hybridized carbons (Fsp3) is 0.100. The summed E-state index contributed by atoms with van der Waals surface area (Å²) in [6.07, 6.45) is 9.96. The van der Waals surface area contributed by atoms with Crippen LogP contribution >= 0.6 is 0 Å². The molecule has 1 N–H and O–H groups in total. The lowest BCUT2D eigenvalue weighted by Crippen LogP contribution is -2.01. The van der Waals surface area contributed by atoms with Gasteiger partial charge in [-0.15, -0.1) is 0 Å². The van der Waals surface area contributed by atoms with E-state index in [4.69, 9.17) is 4.74 Å². The Labute approximate surface area is 85.5 Å². The number of nitrogens with one attached hydrogen (secondary N) is 1. The molecule has 0 saturated carbocycles. The number of hydrogen-bond donors (Lipinski definition) is 1. The molecule has 5 heteroatoms. The lowest BCUT2D eigenvalue weighted by Gasteiger charge is -2.08. The van der Waals surface area contributed by atoms with E-state index in [1.807, 2.05) is 18.2 Å². The predicted octanol–water partition coefficient (Wildman–Crippen LogP) is 1.08. The Kier molecular flexibility index (Phi) is 1.74. The highest BCUT2D eigenvalue weighted by molar-refractivity contribution is 5.70. The van der Waals surface area contributed by atoms with Crippen molar-refractivity contribution in [1.82, 2.24) is 19.9 Å². The van der Waals surface area contributed by atoms with Gasteiger partial charge in [-0.05, 0) is 12.2 Å². The number of fused-ring (bicyclic) bond motifs is 1. The Morgan fingerprint density at radius 1 is 1.47 bits per heavy atom. The van der Waals surface area contributed by atoms with Gasteiger partial charge in [0.25, 0.3) is 0 Å². The van der Waals surface area contributed by atoms with Crippen molar-refractivity contribution < 1.29 is 4.74 Å². The van der Waals surface area contributed by atoms with Gasteiger partial charge in [0.2, 0.25) is 0 Å². The number of aromatic nitrogens is 4. The summed E-state index contributed by atoms with van der Waals surface area (Å²) in [5.41, 5.74) is 1.37. The molecule has 0 spiro atoms. The van der Waals surface area contributed by atoms with Crippen molar-refractivity contribution in [3.63, 3.8) is 0 Å². The van der Waals surface area contributed by atoms with Crippen LogP contribution in [0.1, 0.15) is 5.82 Å². The lowest BCUT2D eigenvalue weighted by atomic mass is 10.3. The average Bonchev–Trinajstić information content (AvgIpc) is 2.77. The Balaban J connectivity index is 2.10. The number of aromatic amines is 1. The van der Waals surface area contributed by atoms with Gasteiger partial charge in [0.15, 0.2) is 23.6 Å². The summed E-state index contributed by atoms with van der Waals surface area (Å²) in [5, 5.41) is 0. The molecule has 0 amide bonds. The molecular formula is C10H7N4O. The fourth-order valence-corrected chi connectivity index (χ4v) is 1.34. The van der Waals surface area contributed by atoms with Crippen LogP contribution in [-0.2, 0) is 4.74 Å². The smallest absolute Gasteiger partial charge is 0.197 e. The molecule has 1 aliphatic rings. The van der Waals surface area contributed by atoms with Gasteiger partial charge in [0, 0.05) is 0 Å². The molecule has 0 atom stereocenters. The second kappa shape index (κ2) is 3.20. The van der Waals surface area contributed by atoms with Gasteiger partial charge in [0.1, 0.15) is 12.1 Å². The van der Waals surface area contributed by atoms with Crippen LogP contribution in [0.4, 0.5) is 0 Å². The molecule has 0 bridgehead atoms. The van der Waals surface area contributed by atoms with Crippen LogP contribution < -0.4 is 0 Å². The Bertz CT molecular complexity index is 555. The molecule has 5 nitrogen and oxygen atoms in total. The minimum atomic E-state index is 0.548. The quantitative estimate of drug-likeness (QED) is 0.746. The van der Waals surface area contributed by atoms with Crippen molar-refractivity contribution in [3.8, 4) is 0 Å². The molecular weight excluding hydrogens is 192 g/mol. The Hall–Kier alpha value is -2.17. The Morgan fingerprint density at radius 2 is 2.47 bits per heavy atom. The van der Waals surface area contributed by atoms with Gasteiger partial charge in [-0.1, -0.05) is 6.08 Å². The van der Waals surface area contributed by atoms with E-state index in [9.17, 15) is 0 Å². The number of hydrogen-bond acceptors (Lipinski definition) is 4. The van der Waals surface area contributed by atoms with Crippen LogP contribution in [0.3, 0.4) is 0 Å². The first-order chi connectivity index (χ1) is 7.43. The number of H-pyrrole nitrogens is 1. The van der Waals surface area contributed by atoms with Crippen LogP contribution in [0.5, 0.6) is 0 Å². The van der Waals surface area contributed by atoms with Crippen LogP contribution in [0.25, 0.3) is 16.9 Å². The number of ether oxygens (including phenoxy) is 1. The van der Waals surface area contributed by atoms with E-state index in [0.29, 0.717) is 23.8 Å². The highest BCUT2D eigenvalue weighted by Crippen LogP contribution is 2.15. The third kappa shape index (κ3) is 1.38. The molecule has 2 aromatic heterocycles. The molecule has 3 heterocycles. The predicted molar refractivity (Wildman–Crippen MR) is 53.6 cm³/mol. The molecule has 73 valence electrons. The van der Waals surface area contributed by atoms with E-state index in [0.717, 1.165) is 5.52 Å². The summed E-state index contributed by atoms with van der Waals surface area (Å²) in [5.74, 6) is 1.22. The zero-order valence-corrected chi connectivity index (χ0v) is 7.77. The second-order valence-corrected chi connectivity index (χ2v) is 3.05. The van der Waals surface area contributed by atoms with Crippen LogP contribution in [0, 0.1) is 6.33 Å². The van der Waals surface area contributed by atoms with E-state index in [1.165, 1.54) is 0 Å². The first-order valence-electron chi connectivity index (χ1n) is 4.52. The van der Waals surface area contributed by atoms with Gasteiger partial charge >= 0.3 is 0 Å². The van der Waals surface area contributed by atoms with E-state index >= 15 is 0 Å². The van der Waals surface area contributed by atoms with Crippen molar-refractivity contribution in [3.05, 3.63) is 36.6 Å². The van der Waals surface area contributed by atoms with E-state index in [2.05, 4.69) is 26.3 Å². The molecule has 15 heavy (non-hydrogen) atoms. The number of rotatable bonds is 1. The van der Waals surface area contributed by atoms with Crippen molar-refractivity contribution in [2.24, 2.45) is 0 Å². The van der Waals surface area contributed by atoms with Gasteiger partial charge in [-0.3, -0.25) is 0 Å². The largest absolute Gasteiger partial charge is 0.486 e. The van der Waals surface area contributed by atoms with Crippen molar-refractivity contribution in [1.29, 1.82) is 0 Å². The molecule has 2 aromatic rings. The molecule has 0 unspecified atom stereocenters. The molecule has 1 aliphatic heterocycles. The minimum Gasteiger partial charge on any atom is -0.486 e. The number of nitrogens with zero attached hydrogens (tertiary/aromatic N) is 3. The summed E-state index contributed by atoms with van der Waals surface area (Å²) in [4.78, 5) is 15.2. The highest BCUT2D eigenvalue weighted by Gasteiger charge is 2.09. The molecule has 0 aromatic carbocycles. The number of allylic oxidation sites excluding steroid dienone is 2. The molecule has 0 fully saturated rings. The van der Waals surface area contributed by atoms with Gasteiger partial charge in [-0.25, -0.2) is 15.0 Å². The summed E-state index contributed by atoms with van der Waals surface area (Å²) >= 11 is 0. The summed E-state index contributed by atoms with van der Waals surface area (Å²) < 4.78 is 5.39. The monoisotopic (exact) mass is 199 g/mol. The normalized spacial score (nSPS) is 15.1. The van der Waals surface area contributed by atoms with Crippen LogP contribution in [0.15, 0.2) is 24.4 Å². The third-order valence-electron chi connectivity index (χ3n) is 2.06. The highest BCUT2D eigenvalue weighted by atomic mass is 16.5. The molecule has 3 rings (SSSR count). The average molecular weight is 199 g/mol. The lowest BCUT2D eigenvalue weighted by molar-refractivity contribution is 0.313.